The summed E-state index contributed by atoms with van der Waals surface area (Å²) in [5, 5.41) is 5.53. The first kappa shape index (κ1) is 19.3. The topological polar surface area (TPSA) is 81.1 Å². The number of nitrogens with zero attached hydrogens (tertiary/aromatic N) is 2. The van der Waals surface area contributed by atoms with Gasteiger partial charge in [-0.2, -0.15) is 0 Å². The van der Waals surface area contributed by atoms with E-state index in [2.05, 4.69) is 10.3 Å². The smallest absolute Gasteiger partial charge is 0.246 e. The highest BCUT2D eigenvalue weighted by Crippen LogP contribution is 2.30. The Morgan fingerprint density at radius 1 is 1.17 bits per heavy atom. The Labute approximate surface area is 170 Å². The fourth-order valence-electron chi connectivity index (χ4n) is 3.02. The van der Waals surface area contributed by atoms with Gasteiger partial charge in [0.1, 0.15) is 12.4 Å². The van der Waals surface area contributed by atoms with Gasteiger partial charge in [0.2, 0.25) is 15.7 Å². The van der Waals surface area contributed by atoms with Crippen molar-refractivity contribution in [2.24, 2.45) is 0 Å². The Morgan fingerprint density at radius 2 is 1.90 bits per heavy atom. The third-order valence-electron chi connectivity index (χ3n) is 4.34. The summed E-state index contributed by atoms with van der Waals surface area (Å²) in [5.74, 6) is -0.827. The van der Waals surface area contributed by atoms with Gasteiger partial charge in [0.15, 0.2) is 5.13 Å². The van der Waals surface area contributed by atoms with Crippen LogP contribution >= 0.6 is 11.3 Å². The zero-order chi connectivity index (χ0) is 20.6. The molecule has 0 bridgehead atoms. The van der Waals surface area contributed by atoms with Crippen LogP contribution in [0.5, 0.6) is 0 Å². The number of amides is 1. The molecule has 0 aliphatic heterocycles. The van der Waals surface area contributed by atoms with Gasteiger partial charge in [-0.05, 0) is 37.3 Å². The van der Waals surface area contributed by atoms with Crippen molar-refractivity contribution in [3.05, 3.63) is 71.6 Å². The second kappa shape index (κ2) is 7.41. The number of hydrogen-bond donors (Lipinski definition) is 1. The Kier molecular flexibility index (Phi) is 4.93. The summed E-state index contributed by atoms with van der Waals surface area (Å²) in [7, 11) is -3.88. The molecule has 4 rings (SSSR count). The largest absolute Gasteiger partial charge is 0.337 e. The standard InChI is InChI=1S/C20H16FN3O3S2/c1-13-12-28-20(22-13)23-19(25)11-24-10-18(16-4-2-3-5-17(16)24)29(26,27)15-8-6-14(21)7-9-15/h2-10,12H,11H2,1H3,(H,22,23,25). The van der Waals surface area contributed by atoms with E-state index in [4.69, 9.17) is 0 Å². The first-order valence-electron chi connectivity index (χ1n) is 8.65. The van der Waals surface area contributed by atoms with Crippen molar-refractivity contribution < 1.29 is 17.6 Å². The van der Waals surface area contributed by atoms with Crippen LogP contribution in [-0.4, -0.2) is 23.9 Å². The van der Waals surface area contributed by atoms with Crippen LogP contribution in [0.3, 0.4) is 0 Å². The third-order valence-corrected chi connectivity index (χ3v) is 7.02. The van der Waals surface area contributed by atoms with Crippen LogP contribution in [0, 0.1) is 12.7 Å². The molecule has 2 aromatic carbocycles. The molecule has 0 fully saturated rings. The molecule has 6 nitrogen and oxygen atoms in total. The monoisotopic (exact) mass is 429 g/mol. The predicted octanol–water partition coefficient (Wildman–Crippen LogP) is 4.02. The lowest BCUT2D eigenvalue weighted by atomic mass is 10.2. The Bertz CT molecular complexity index is 1310. The lowest BCUT2D eigenvalue weighted by Gasteiger charge is -2.05. The molecule has 1 N–H and O–H groups in total. The van der Waals surface area contributed by atoms with Gasteiger partial charge in [-0.25, -0.2) is 17.8 Å². The maximum absolute atomic E-state index is 13.2. The van der Waals surface area contributed by atoms with E-state index in [9.17, 15) is 17.6 Å². The van der Waals surface area contributed by atoms with Crippen molar-refractivity contribution in [3.63, 3.8) is 0 Å². The van der Waals surface area contributed by atoms with Crippen molar-refractivity contribution >= 4 is 43.1 Å². The second-order valence-electron chi connectivity index (χ2n) is 6.44. The number of anilines is 1. The van der Waals surface area contributed by atoms with E-state index in [1.54, 1.807) is 28.8 Å². The molecule has 0 radical (unpaired) electrons. The molecule has 0 spiro atoms. The molecule has 29 heavy (non-hydrogen) atoms. The van der Waals surface area contributed by atoms with E-state index >= 15 is 0 Å². The number of fused-ring (bicyclic) bond motifs is 1. The molecule has 2 aromatic heterocycles. The number of aryl methyl sites for hydroxylation is 1. The Morgan fingerprint density at radius 3 is 2.59 bits per heavy atom. The van der Waals surface area contributed by atoms with E-state index in [0.29, 0.717) is 16.0 Å². The summed E-state index contributed by atoms with van der Waals surface area (Å²) >= 11 is 1.32. The minimum atomic E-state index is -3.88. The van der Waals surface area contributed by atoms with Crippen LogP contribution < -0.4 is 5.32 Å². The lowest BCUT2D eigenvalue weighted by molar-refractivity contribution is -0.116. The third kappa shape index (κ3) is 3.79. The first-order valence-corrected chi connectivity index (χ1v) is 11.0. The zero-order valence-corrected chi connectivity index (χ0v) is 16.9. The molecule has 9 heteroatoms. The average Bonchev–Trinajstić information content (AvgIpc) is 3.26. The maximum atomic E-state index is 13.2. The highest BCUT2D eigenvalue weighted by atomic mass is 32.2. The normalized spacial score (nSPS) is 11.7. The molecule has 2 heterocycles. The molecule has 0 unspecified atom stereocenters. The molecule has 1 amide bonds. The molecule has 4 aromatic rings. The summed E-state index contributed by atoms with van der Waals surface area (Å²) in [6.07, 6.45) is 1.44. The van der Waals surface area contributed by atoms with E-state index in [0.717, 1.165) is 17.8 Å². The minimum absolute atomic E-state index is 0.00971. The minimum Gasteiger partial charge on any atom is -0.337 e. The molecular weight excluding hydrogens is 413 g/mol. The molecule has 0 aliphatic carbocycles. The highest BCUT2D eigenvalue weighted by molar-refractivity contribution is 7.91. The van der Waals surface area contributed by atoms with Crippen LogP contribution in [-0.2, 0) is 21.2 Å². The molecule has 0 saturated heterocycles. The van der Waals surface area contributed by atoms with Gasteiger partial charge in [0.05, 0.1) is 15.5 Å². The summed E-state index contributed by atoms with van der Waals surface area (Å²) in [5.41, 5.74) is 1.42. The fraction of sp³-hybridized carbons (Fsp3) is 0.100. The average molecular weight is 429 g/mol. The molecule has 148 valence electrons. The Balaban J connectivity index is 1.71. The molecule has 0 saturated carbocycles. The number of halogens is 1. The van der Waals surface area contributed by atoms with Gasteiger partial charge in [-0.1, -0.05) is 18.2 Å². The zero-order valence-electron chi connectivity index (χ0n) is 15.3. The molecule has 0 atom stereocenters. The quantitative estimate of drug-likeness (QED) is 0.486. The summed E-state index contributed by atoms with van der Waals surface area (Å²) < 4.78 is 41.0. The summed E-state index contributed by atoms with van der Waals surface area (Å²) in [6, 6.07) is 11.6. The highest BCUT2D eigenvalue weighted by Gasteiger charge is 2.24. The van der Waals surface area contributed by atoms with Crippen LogP contribution in [0.2, 0.25) is 0 Å². The summed E-state index contributed by atoms with van der Waals surface area (Å²) in [6.45, 7) is 1.76. The number of para-hydroxylation sites is 1. The summed E-state index contributed by atoms with van der Waals surface area (Å²) in [4.78, 5) is 16.7. The Hall–Kier alpha value is -3.04. The number of rotatable bonds is 5. The van der Waals surface area contributed by atoms with Crippen molar-refractivity contribution in [2.75, 3.05) is 5.32 Å². The first-order chi connectivity index (χ1) is 13.8. The predicted molar refractivity (Wildman–Crippen MR) is 109 cm³/mol. The van der Waals surface area contributed by atoms with Gasteiger partial charge in [-0.15, -0.1) is 11.3 Å². The van der Waals surface area contributed by atoms with Crippen LogP contribution in [0.15, 0.2) is 69.9 Å². The van der Waals surface area contributed by atoms with Crippen LogP contribution in [0.25, 0.3) is 10.9 Å². The van der Waals surface area contributed by atoms with Gasteiger partial charge >= 0.3 is 0 Å². The lowest BCUT2D eigenvalue weighted by Crippen LogP contribution is -2.18. The van der Waals surface area contributed by atoms with E-state index in [1.807, 2.05) is 12.3 Å². The van der Waals surface area contributed by atoms with E-state index in [1.165, 1.54) is 29.7 Å². The van der Waals surface area contributed by atoms with Crippen molar-refractivity contribution in [1.29, 1.82) is 0 Å². The van der Waals surface area contributed by atoms with Crippen LogP contribution in [0.4, 0.5) is 9.52 Å². The van der Waals surface area contributed by atoms with Gasteiger partial charge in [0.25, 0.3) is 0 Å². The van der Waals surface area contributed by atoms with Gasteiger partial charge in [-0.3, -0.25) is 4.79 Å². The molecular formula is C20H16FN3O3S2. The number of sulfone groups is 1. The number of hydrogen-bond acceptors (Lipinski definition) is 5. The number of carbonyl (C=O) groups is 1. The van der Waals surface area contributed by atoms with Gasteiger partial charge in [0, 0.05) is 22.5 Å². The van der Waals surface area contributed by atoms with Crippen molar-refractivity contribution in [2.45, 2.75) is 23.3 Å². The fourth-order valence-corrected chi connectivity index (χ4v) is 5.20. The van der Waals surface area contributed by atoms with E-state index in [-0.39, 0.29) is 22.2 Å². The number of benzene rings is 2. The SMILES string of the molecule is Cc1csc(NC(=O)Cn2cc(S(=O)(=O)c3ccc(F)cc3)c3ccccc32)n1. The van der Waals surface area contributed by atoms with Gasteiger partial charge < -0.3 is 9.88 Å². The number of nitrogens with one attached hydrogen (secondary N) is 1. The van der Waals surface area contributed by atoms with Crippen molar-refractivity contribution in [3.8, 4) is 0 Å². The molecule has 0 aliphatic rings. The number of carbonyl (C=O) groups excluding carboxylic acids is 1. The number of aromatic nitrogens is 2. The van der Waals surface area contributed by atoms with E-state index < -0.39 is 15.7 Å². The van der Waals surface area contributed by atoms with Crippen LogP contribution in [0.1, 0.15) is 5.69 Å². The second-order valence-corrected chi connectivity index (χ2v) is 9.21. The number of thiazole rings is 1. The maximum Gasteiger partial charge on any atom is 0.246 e. The van der Waals surface area contributed by atoms with Crippen molar-refractivity contribution in [1.82, 2.24) is 9.55 Å².